The number of nitrogens with zero attached hydrogens (tertiary/aromatic N) is 2. The van der Waals surface area contributed by atoms with Crippen molar-refractivity contribution >= 4 is 5.97 Å². The van der Waals surface area contributed by atoms with Crippen LogP contribution in [0.25, 0.3) is 0 Å². The van der Waals surface area contributed by atoms with Crippen molar-refractivity contribution in [2.45, 2.75) is 66.3 Å². The van der Waals surface area contributed by atoms with Crippen LogP contribution in [-0.2, 0) is 17.6 Å². The van der Waals surface area contributed by atoms with Crippen molar-refractivity contribution in [1.29, 1.82) is 0 Å². The fourth-order valence-electron chi connectivity index (χ4n) is 4.11. The van der Waals surface area contributed by atoms with Gasteiger partial charge in [0.05, 0.1) is 6.42 Å². The van der Waals surface area contributed by atoms with Gasteiger partial charge in [0.15, 0.2) is 0 Å². The van der Waals surface area contributed by atoms with E-state index in [2.05, 4.69) is 29.9 Å². The molecule has 2 aromatic heterocycles. The zero-order valence-corrected chi connectivity index (χ0v) is 18.9. The summed E-state index contributed by atoms with van der Waals surface area (Å²) in [4.78, 5) is 20.8. The number of aromatic nitrogens is 2. The molecule has 5 nitrogen and oxygen atoms in total. The number of nitrogens with two attached hydrogens (primary N) is 1. The van der Waals surface area contributed by atoms with E-state index in [-0.39, 0.29) is 18.4 Å². The summed E-state index contributed by atoms with van der Waals surface area (Å²) in [5.74, 6) is 1.02. The van der Waals surface area contributed by atoms with Gasteiger partial charge >= 0.3 is 5.97 Å². The molecule has 2 N–H and O–H groups in total. The number of carbonyl (C=O) groups is 1. The lowest BCUT2D eigenvalue weighted by atomic mass is 9.73. The minimum Gasteiger partial charge on any atom is -0.407 e. The van der Waals surface area contributed by atoms with Gasteiger partial charge in [-0.05, 0) is 68.2 Å². The van der Waals surface area contributed by atoms with Crippen LogP contribution in [0.4, 0.5) is 0 Å². The second kappa shape index (κ2) is 11.6. The summed E-state index contributed by atoms with van der Waals surface area (Å²) in [7, 11) is 0. The molecule has 0 amide bonds. The van der Waals surface area contributed by atoms with Crippen molar-refractivity contribution in [3.63, 3.8) is 0 Å². The maximum Gasteiger partial charge on any atom is 0.316 e. The second-order valence-corrected chi connectivity index (χ2v) is 7.79. The Kier molecular flexibility index (Phi) is 9.18. The number of carbonyl (C=O) groups excluding carboxylic acids is 1. The van der Waals surface area contributed by atoms with Crippen LogP contribution >= 0.6 is 0 Å². The minimum atomic E-state index is -0.323. The number of hydrogen-bond acceptors (Lipinski definition) is 5. The molecule has 1 saturated carbocycles. The lowest BCUT2D eigenvalue weighted by Gasteiger charge is -2.34. The van der Waals surface area contributed by atoms with Gasteiger partial charge in [0.2, 0.25) is 5.88 Å². The van der Waals surface area contributed by atoms with E-state index in [1.54, 1.807) is 30.6 Å². The van der Waals surface area contributed by atoms with Crippen LogP contribution in [0.2, 0.25) is 0 Å². The second-order valence-electron chi connectivity index (χ2n) is 7.79. The molecule has 1 aliphatic carbocycles. The molecule has 0 spiro atoms. The fourth-order valence-corrected chi connectivity index (χ4v) is 4.11. The predicted molar refractivity (Wildman–Crippen MR) is 121 cm³/mol. The number of hydrogen-bond donors (Lipinski definition) is 1. The molecule has 3 unspecified atom stereocenters. The average Bonchev–Trinajstić information content (AvgIpc) is 2.72. The molecular formula is C25H35N3O2. The lowest BCUT2D eigenvalue weighted by molar-refractivity contribution is -0.133. The van der Waals surface area contributed by atoms with Crippen LogP contribution < -0.4 is 10.5 Å². The molecule has 0 aromatic carbocycles. The van der Waals surface area contributed by atoms with Gasteiger partial charge in [-0.3, -0.25) is 9.78 Å². The first-order chi connectivity index (χ1) is 14.5. The van der Waals surface area contributed by atoms with Crippen LogP contribution in [0.5, 0.6) is 5.88 Å². The van der Waals surface area contributed by atoms with Crippen LogP contribution in [0.1, 0.15) is 57.4 Å². The summed E-state index contributed by atoms with van der Waals surface area (Å²) in [6, 6.07) is 7.47. The number of allylic oxidation sites excluding steroid dienone is 1. The Bertz CT molecular complexity index is 849. The average molecular weight is 410 g/mol. The smallest absolute Gasteiger partial charge is 0.316 e. The fraction of sp³-hybridized carbons (Fsp3) is 0.480. The van der Waals surface area contributed by atoms with Crippen LogP contribution in [0, 0.1) is 18.8 Å². The monoisotopic (exact) mass is 409 g/mol. The van der Waals surface area contributed by atoms with Crippen molar-refractivity contribution in [3.8, 4) is 5.88 Å². The Balaban J connectivity index is 0.00000155. The molecule has 1 fully saturated rings. The first kappa shape index (κ1) is 23.7. The number of ether oxygens (including phenoxy) is 1. The molecule has 5 heteroatoms. The molecule has 3 rings (SSSR count). The summed E-state index contributed by atoms with van der Waals surface area (Å²) in [6.07, 6.45) is 8.66. The molecule has 3 atom stereocenters. The van der Waals surface area contributed by atoms with Gasteiger partial charge in [-0.2, -0.15) is 0 Å². The maximum atomic E-state index is 12.2. The largest absolute Gasteiger partial charge is 0.407 e. The summed E-state index contributed by atoms with van der Waals surface area (Å²) in [5.41, 5.74) is 10.6. The standard InChI is InChI=1S/C23H29N3O2.C2H6/c1-4-19-18(11-15(2)12-20(19)24)14-21-16(3)5-6-22(26-21)28-23(27)13-17-7-9-25-10-8-17;1-2/h4-10,15,18,20H,11-14,24H2,1-3H3;1-2H3/b19-4+;. The highest BCUT2D eigenvalue weighted by Crippen LogP contribution is 2.35. The van der Waals surface area contributed by atoms with Gasteiger partial charge in [0.1, 0.15) is 0 Å². The normalized spacial score (nSPS) is 22.2. The van der Waals surface area contributed by atoms with E-state index in [1.807, 2.05) is 26.8 Å². The van der Waals surface area contributed by atoms with Gasteiger partial charge in [0.25, 0.3) is 0 Å². The molecule has 30 heavy (non-hydrogen) atoms. The highest BCUT2D eigenvalue weighted by Gasteiger charge is 2.29. The molecule has 0 aliphatic heterocycles. The Morgan fingerprint density at radius 3 is 2.57 bits per heavy atom. The van der Waals surface area contributed by atoms with E-state index < -0.39 is 0 Å². The van der Waals surface area contributed by atoms with E-state index in [0.717, 1.165) is 36.1 Å². The van der Waals surface area contributed by atoms with Gasteiger partial charge < -0.3 is 10.5 Å². The summed E-state index contributed by atoms with van der Waals surface area (Å²) in [6.45, 7) is 10.4. The van der Waals surface area contributed by atoms with Crippen LogP contribution in [0.3, 0.4) is 0 Å². The third-order valence-corrected chi connectivity index (χ3v) is 5.51. The van der Waals surface area contributed by atoms with E-state index in [0.29, 0.717) is 17.7 Å². The number of esters is 1. The Morgan fingerprint density at radius 1 is 1.20 bits per heavy atom. The highest BCUT2D eigenvalue weighted by molar-refractivity contribution is 5.74. The molecule has 162 valence electrons. The highest BCUT2D eigenvalue weighted by atomic mass is 16.5. The first-order valence-corrected chi connectivity index (χ1v) is 10.9. The Morgan fingerprint density at radius 2 is 1.90 bits per heavy atom. The van der Waals surface area contributed by atoms with Crippen LogP contribution in [0.15, 0.2) is 48.3 Å². The SMILES string of the molecule is C/C=C1/C(N)CC(C)CC1Cc1nc(OC(=O)Cc2ccncc2)ccc1C.CC. The Labute approximate surface area is 180 Å². The number of pyridine rings is 2. The minimum absolute atomic E-state index is 0.125. The molecule has 0 saturated heterocycles. The molecule has 1 aliphatic rings. The Hall–Kier alpha value is -2.53. The van der Waals surface area contributed by atoms with Crippen molar-refractivity contribution in [2.75, 3.05) is 0 Å². The molecular weight excluding hydrogens is 374 g/mol. The summed E-state index contributed by atoms with van der Waals surface area (Å²) in [5, 5.41) is 0. The topological polar surface area (TPSA) is 78.1 Å². The van der Waals surface area contributed by atoms with E-state index in [9.17, 15) is 4.79 Å². The summed E-state index contributed by atoms with van der Waals surface area (Å²) < 4.78 is 5.49. The van der Waals surface area contributed by atoms with E-state index in [1.165, 1.54) is 5.57 Å². The zero-order chi connectivity index (χ0) is 22.1. The first-order valence-electron chi connectivity index (χ1n) is 10.9. The third kappa shape index (κ3) is 6.49. The zero-order valence-electron chi connectivity index (χ0n) is 18.9. The number of rotatable bonds is 5. The van der Waals surface area contributed by atoms with Crippen molar-refractivity contribution < 1.29 is 9.53 Å². The van der Waals surface area contributed by atoms with Gasteiger partial charge in [0, 0.05) is 30.2 Å². The maximum absolute atomic E-state index is 12.2. The van der Waals surface area contributed by atoms with Gasteiger partial charge in [-0.25, -0.2) is 4.98 Å². The lowest BCUT2D eigenvalue weighted by Crippen LogP contribution is -2.35. The van der Waals surface area contributed by atoms with Crippen molar-refractivity contribution in [2.24, 2.45) is 17.6 Å². The summed E-state index contributed by atoms with van der Waals surface area (Å²) >= 11 is 0. The molecule has 2 aromatic rings. The van der Waals surface area contributed by atoms with Crippen LogP contribution in [-0.4, -0.2) is 22.0 Å². The quantitative estimate of drug-likeness (QED) is 0.566. The predicted octanol–water partition coefficient (Wildman–Crippen LogP) is 4.82. The van der Waals surface area contributed by atoms with E-state index in [4.69, 9.17) is 10.5 Å². The molecule has 0 radical (unpaired) electrons. The van der Waals surface area contributed by atoms with Gasteiger partial charge in [-0.1, -0.05) is 38.5 Å². The third-order valence-electron chi connectivity index (χ3n) is 5.51. The number of aryl methyl sites for hydroxylation is 1. The van der Waals surface area contributed by atoms with Crippen molar-refractivity contribution in [3.05, 3.63) is 65.1 Å². The van der Waals surface area contributed by atoms with E-state index >= 15 is 0 Å². The van der Waals surface area contributed by atoms with Crippen molar-refractivity contribution in [1.82, 2.24) is 9.97 Å². The molecule has 2 heterocycles. The van der Waals surface area contributed by atoms with Gasteiger partial charge in [-0.15, -0.1) is 0 Å². The molecule has 0 bridgehead atoms.